The van der Waals surface area contributed by atoms with Crippen molar-refractivity contribution in [3.8, 4) is 0 Å². The molecule has 2 rings (SSSR count). The minimum Gasteiger partial charge on any atom is -0.438 e. The number of nitrogens with one attached hydrogen (secondary N) is 1. The van der Waals surface area contributed by atoms with Crippen molar-refractivity contribution in [1.29, 1.82) is 0 Å². The van der Waals surface area contributed by atoms with Crippen LogP contribution >= 0.6 is 11.3 Å². The van der Waals surface area contributed by atoms with E-state index in [1.165, 1.54) is 0 Å². The van der Waals surface area contributed by atoms with Crippen LogP contribution in [0.1, 0.15) is 24.8 Å². The molecule has 0 radical (unpaired) electrons. The first-order chi connectivity index (χ1) is 6.09. The van der Waals surface area contributed by atoms with Crippen LogP contribution in [-0.2, 0) is 4.74 Å². The molecular weight excluding hydrogens is 186 g/mol. The van der Waals surface area contributed by atoms with Crippen LogP contribution in [0.15, 0.2) is 17.5 Å². The maximum absolute atomic E-state index is 11.0. The van der Waals surface area contributed by atoms with E-state index in [2.05, 4.69) is 5.32 Å². The Labute approximate surface area is 80.7 Å². The molecule has 1 atom stereocenters. The fourth-order valence-electron chi connectivity index (χ4n) is 1.47. The molecule has 0 bridgehead atoms. The molecule has 1 saturated heterocycles. The van der Waals surface area contributed by atoms with Gasteiger partial charge in [-0.05, 0) is 25.3 Å². The van der Waals surface area contributed by atoms with E-state index in [1.54, 1.807) is 11.3 Å². The van der Waals surface area contributed by atoms with Gasteiger partial charge in [0.2, 0.25) is 0 Å². The van der Waals surface area contributed by atoms with Gasteiger partial charge in [-0.15, -0.1) is 11.3 Å². The predicted molar refractivity (Wildman–Crippen MR) is 50.8 cm³/mol. The van der Waals surface area contributed by atoms with Gasteiger partial charge in [0.25, 0.3) is 0 Å². The first-order valence-electron chi connectivity index (χ1n) is 4.12. The van der Waals surface area contributed by atoms with Crippen molar-refractivity contribution in [3.05, 3.63) is 22.4 Å². The van der Waals surface area contributed by atoms with Crippen molar-refractivity contribution in [2.24, 2.45) is 0 Å². The van der Waals surface area contributed by atoms with E-state index < -0.39 is 0 Å². The summed E-state index contributed by atoms with van der Waals surface area (Å²) in [6, 6.07) is 3.94. The van der Waals surface area contributed by atoms with E-state index >= 15 is 0 Å². The molecular formula is C9H11NO2S. The molecule has 13 heavy (non-hydrogen) atoms. The Morgan fingerprint density at radius 1 is 1.62 bits per heavy atom. The zero-order chi connectivity index (χ0) is 9.47. The average Bonchev–Trinajstić information content (AvgIpc) is 2.56. The number of amides is 1. The van der Waals surface area contributed by atoms with Gasteiger partial charge >= 0.3 is 6.09 Å². The molecule has 2 heterocycles. The van der Waals surface area contributed by atoms with Gasteiger partial charge in [-0.1, -0.05) is 6.07 Å². The highest BCUT2D eigenvalue weighted by Crippen LogP contribution is 2.36. The Kier molecular flexibility index (Phi) is 1.80. The standard InChI is InChI=1S/C9H11NO2S/c1-9(2)7(12-8(11)10-9)6-4-3-5-13-6/h3-5,7H,1-2H3,(H,10,11)/t7-/m1/s1. The van der Waals surface area contributed by atoms with Crippen molar-refractivity contribution >= 4 is 17.4 Å². The van der Waals surface area contributed by atoms with E-state index in [0.29, 0.717) is 0 Å². The lowest BCUT2D eigenvalue weighted by atomic mass is 9.97. The van der Waals surface area contributed by atoms with Crippen LogP contribution in [-0.4, -0.2) is 11.6 Å². The van der Waals surface area contributed by atoms with Crippen molar-refractivity contribution in [2.45, 2.75) is 25.5 Å². The largest absolute Gasteiger partial charge is 0.438 e. The number of hydrogen-bond acceptors (Lipinski definition) is 3. The zero-order valence-electron chi connectivity index (χ0n) is 7.53. The normalized spacial score (nSPS) is 25.4. The second-order valence-corrected chi connectivity index (χ2v) is 4.63. The Bertz CT molecular complexity index is 318. The van der Waals surface area contributed by atoms with Crippen LogP contribution in [0.25, 0.3) is 0 Å². The monoisotopic (exact) mass is 197 g/mol. The molecule has 3 nitrogen and oxygen atoms in total. The van der Waals surface area contributed by atoms with Crippen LogP contribution in [0.5, 0.6) is 0 Å². The van der Waals surface area contributed by atoms with Gasteiger partial charge in [-0.2, -0.15) is 0 Å². The lowest BCUT2D eigenvalue weighted by molar-refractivity contribution is 0.120. The van der Waals surface area contributed by atoms with Crippen molar-refractivity contribution in [1.82, 2.24) is 5.32 Å². The number of carbonyl (C=O) groups excluding carboxylic acids is 1. The maximum Gasteiger partial charge on any atom is 0.408 e. The van der Waals surface area contributed by atoms with Crippen LogP contribution in [0, 0.1) is 0 Å². The minimum atomic E-state index is -0.330. The van der Waals surface area contributed by atoms with Crippen molar-refractivity contribution in [2.75, 3.05) is 0 Å². The van der Waals surface area contributed by atoms with Crippen LogP contribution < -0.4 is 5.32 Å². The smallest absolute Gasteiger partial charge is 0.408 e. The molecule has 0 spiro atoms. The van der Waals surface area contributed by atoms with Crippen LogP contribution in [0.2, 0.25) is 0 Å². The summed E-state index contributed by atoms with van der Waals surface area (Å²) in [6.07, 6.45) is -0.483. The summed E-state index contributed by atoms with van der Waals surface area (Å²) in [5, 5.41) is 4.76. The highest BCUT2D eigenvalue weighted by atomic mass is 32.1. The molecule has 70 valence electrons. The average molecular weight is 197 g/mol. The number of ether oxygens (including phenoxy) is 1. The predicted octanol–water partition coefficient (Wildman–Crippen LogP) is 2.31. The molecule has 0 unspecified atom stereocenters. The molecule has 1 aliphatic rings. The first-order valence-corrected chi connectivity index (χ1v) is 5.00. The van der Waals surface area contributed by atoms with Gasteiger partial charge in [-0.3, -0.25) is 0 Å². The third kappa shape index (κ3) is 1.42. The molecule has 1 aromatic heterocycles. The first kappa shape index (κ1) is 8.56. The number of cyclic esters (lactones) is 1. The molecule has 0 aliphatic carbocycles. The number of rotatable bonds is 1. The molecule has 0 aromatic carbocycles. The summed E-state index contributed by atoms with van der Waals surface area (Å²) in [6.45, 7) is 3.92. The van der Waals surface area contributed by atoms with Gasteiger partial charge in [0.1, 0.15) is 0 Å². The fraction of sp³-hybridized carbons (Fsp3) is 0.444. The van der Waals surface area contributed by atoms with Gasteiger partial charge < -0.3 is 10.1 Å². The van der Waals surface area contributed by atoms with E-state index in [0.717, 1.165) is 4.88 Å². The van der Waals surface area contributed by atoms with Gasteiger partial charge in [0.15, 0.2) is 6.10 Å². The Morgan fingerprint density at radius 3 is 2.85 bits per heavy atom. The molecule has 1 N–H and O–H groups in total. The van der Waals surface area contributed by atoms with Crippen molar-refractivity contribution < 1.29 is 9.53 Å². The third-order valence-electron chi connectivity index (χ3n) is 2.11. The summed E-state index contributed by atoms with van der Waals surface area (Å²) in [5.74, 6) is 0. The summed E-state index contributed by atoms with van der Waals surface area (Å²) >= 11 is 1.61. The molecule has 1 aliphatic heterocycles. The third-order valence-corrected chi connectivity index (χ3v) is 3.02. The summed E-state index contributed by atoms with van der Waals surface area (Å²) in [7, 11) is 0. The summed E-state index contributed by atoms with van der Waals surface area (Å²) in [5.41, 5.74) is -0.304. The molecule has 4 heteroatoms. The Balaban J connectivity index is 2.30. The lowest BCUT2D eigenvalue weighted by Gasteiger charge is -2.22. The summed E-state index contributed by atoms with van der Waals surface area (Å²) in [4.78, 5) is 12.1. The molecule has 0 saturated carbocycles. The Morgan fingerprint density at radius 2 is 2.38 bits per heavy atom. The maximum atomic E-state index is 11.0. The fourth-order valence-corrected chi connectivity index (χ4v) is 2.40. The summed E-state index contributed by atoms with van der Waals surface area (Å²) < 4.78 is 5.18. The van der Waals surface area contributed by atoms with E-state index in [4.69, 9.17) is 4.74 Å². The minimum absolute atomic E-state index is 0.153. The van der Waals surface area contributed by atoms with E-state index in [9.17, 15) is 4.79 Å². The van der Waals surface area contributed by atoms with Gasteiger partial charge in [0, 0.05) is 4.88 Å². The Hall–Kier alpha value is -1.03. The second-order valence-electron chi connectivity index (χ2n) is 3.65. The quantitative estimate of drug-likeness (QED) is 0.750. The zero-order valence-corrected chi connectivity index (χ0v) is 8.35. The van der Waals surface area contributed by atoms with E-state index in [-0.39, 0.29) is 17.7 Å². The lowest BCUT2D eigenvalue weighted by Crippen LogP contribution is -2.37. The number of carbonyl (C=O) groups is 1. The highest BCUT2D eigenvalue weighted by molar-refractivity contribution is 7.10. The SMILES string of the molecule is CC1(C)NC(=O)O[C@@H]1c1cccs1. The second kappa shape index (κ2) is 2.73. The number of alkyl carbamates (subject to hydrolysis) is 1. The topological polar surface area (TPSA) is 38.3 Å². The molecule has 1 aromatic rings. The number of hydrogen-bond donors (Lipinski definition) is 1. The van der Waals surface area contributed by atoms with Crippen LogP contribution in [0.4, 0.5) is 4.79 Å². The molecule has 1 amide bonds. The van der Waals surface area contributed by atoms with Gasteiger partial charge in [0.05, 0.1) is 5.54 Å². The van der Waals surface area contributed by atoms with Crippen molar-refractivity contribution in [3.63, 3.8) is 0 Å². The van der Waals surface area contributed by atoms with Gasteiger partial charge in [-0.25, -0.2) is 4.79 Å². The number of thiophene rings is 1. The van der Waals surface area contributed by atoms with Crippen LogP contribution in [0.3, 0.4) is 0 Å². The molecule has 1 fully saturated rings. The van der Waals surface area contributed by atoms with E-state index in [1.807, 2.05) is 31.4 Å². The highest BCUT2D eigenvalue weighted by Gasteiger charge is 2.42.